The molecule has 1 rings (SSSR count). The summed E-state index contributed by atoms with van der Waals surface area (Å²) in [4.78, 5) is 2.41. The summed E-state index contributed by atoms with van der Waals surface area (Å²) < 4.78 is 0. The molecule has 1 N–H and O–H groups in total. The zero-order valence-electron chi connectivity index (χ0n) is 11.6. The van der Waals surface area contributed by atoms with Gasteiger partial charge in [-0.3, -0.25) is 4.90 Å². The van der Waals surface area contributed by atoms with Crippen LogP contribution in [0.1, 0.15) is 39.2 Å². The Morgan fingerprint density at radius 3 is 2.59 bits per heavy atom. The van der Waals surface area contributed by atoms with Crippen molar-refractivity contribution in [2.45, 2.75) is 52.2 Å². The molecule has 1 aromatic rings. The Morgan fingerprint density at radius 1 is 1.35 bits per heavy atom. The minimum atomic E-state index is 0.579. The third-order valence-corrected chi connectivity index (χ3v) is 4.18. The van der Waals surface area contributed by atoms with Crippen LogP contribution in [0.5, 0.6) is 0 Å². The standard InChI is InChI=1S/C14H26N2S/c1-5-14(6-2)15-9-12(3)16(4)10-13-7-8-17-11-13/h7-8,11-12,14-15H,5-6,9-10H2,1-4H3. The first-order valence-electron chi connectivity index (χ1n) is 6.62. The number of likely N-dealkylation sites (N-methyl/N-ethyl adjacent to an activating group) is 1. The number of rotatable bonds is 8. The summed E-state index contributed by atoms with van der Waals surface area (Å²) >= 11 is 1.78. The topological polar surface area (TPSA) is 15.3 Å². The van der Waals surface area contributed by atoms with Gasteiger partial charge in [-0.25, -0.2) is 0 Å². The second-order valence-electron chi connectivity index (χ2n) is 4.82. The van der Waals surface area contributed by atoms with Crippen molar-refractivity contribution in [1.29, 1.82) is 0 Å². The van der Waals surface area contributed by atoms with Crippen molar-refractivity contribution in [3.8, 4) is 0 Å². The first-order valence-corrected chi connectivity index (χ1v) is 7.56. The lowest BCUT2D eigenvalue weighted by atomic mass is 10.1. The van der Waals surface area contributed by atoms with E-state index in [0.29, 0.717) is 12.1 Å². The van der Waals surface area contributed by atoms with Gasteiger partial charge in [-0.05, 0) is 49.2 Å². The average molecular weight is 254 g/mol. The molecule has 1 atom stereocenters. The van der Waals surface area contributed by atoms with Crippen molar-refractivity contribution < 1.29 is 0 Å². The normalized spacial score (nSPS) is 13.5. The zero-order valence-corrected chi connectivity index (χ0v) is 12.4. The zero-order chi connectivity index (χ0) is 12.7. The lowest BCUT2D eigenvalue weighted by Gasteiger charge is -2.26. The van der Waals surface area contributed by atoms with Gasteiger partial charge < -0.3 is 5.32 Å². The minimum Gasteiger partial charge on any atom is -0.312 e. The molecule has 0 aromatic carbocycles. The van der Waals surface area contributed by atoms with Crippen molar-refractivity contribution in [2.24, 2.45) is 0 Å². The van der Waals surface area contributed by atoms with Crippen molar-refractivity contribution >= 4 is 11.3 Å². The van der Waals surface area contributed by atoms with Gasteiger partial charge in [-0.2, -0.15) is 11.3 Å². The second kappa shape index (κ2) is 7.85. The lowest BCUT2D eigenvalue weighted by Crippen LogP contribution is -2.41. The second-order valence-corrected chi connectivity index (χ2v) is 5.60. The van der Waals surface area contributed by atoms with Crippen LogP contribution in [0.2, 0.25) is 0 Å². The van der Waals surface area contributed by atoms with Crippen LogP contribution in [-0.4, -0.2) is 30.6 Å². The Bertz CT molecular complexity index is 280. The maximum Gasteiger partial charge on any atom is 0.0242 e. The Kier molecular flexibility index (Phi) is 6.78. The summed E-state index contributed by atoms with van der Waals surface area (Å²) in [6.07, 6.45) is 2.44. The molecule has 1 aromatic heterocycles. The van der Waals surface area contributed by atoms with Gasteiger partial charge in [0.25, 0.3) is 0 Å². The van der Waals surface area contributed by atoms with E-state index >= 15 is 0 Å². The molecule has 1 heterocycles. The van der Waals surface area contributed by atoms with Gasteiger partial charge in [-0.15, -0.1) is 0 Å². The van der Waals surface area contributed by atoms with Gasteiger partial charge in [-0.1, -0.05) is 13.8 Å². The Hall–Kier alpha value is -0.380. The Labute approximate surface area is 110 Å². The fraction of sp³-hybridized carbons (Fsp3) is 0.714. The Morgan fingerprint density at radius 2 is 2.06 bits per heavy atom. The smallest absolute Gasteiger partial charge is 0.0242 e. The highest BCUT2D eigenvalue weighted by atomic mass is 32.1. The molecule has 0 aliphatic carbocycles. The summed E-state index contributed by atoms with van der Waals surface area (Å²) in [5.74, 6) is 0. The maximum atomic E-state index is 3.64. The number of hydrogen-bond donors (Lipinski definition) is 1. The van der Waals surface area contributed by atoms with Crippen LogP contribution in [-0.2, 0) is 6.54 Å². The van der Waals surface area contributed by atoms with Crippen LogP contribution in [0, 0.1) is 0 Å². The summed E-state index contributed by atoms with van der Waals surface area (Å²) in [5, 5.41) is 8.02. The molecule has 0 saturated carbocycles. The molecule has 0 spiro atoms. The highest BCUT2D eigenvalue weighted by Crippen LogP contribution is 2.10. The van der Waals surface area contributed by atoms with E-state index in [9.17, 15) is 0 Å². The van der Waals surface area contributed by atoms with Crippen LogP contribution < -0.4 is 5.32 Å². The molecule has 0 radical (unpaired) electrons. The third-order valence-electron chi connectivity index (χ3n) is 3.45. The third kappa shape index (κ3) is 5.19. The predicted molar refractivity (Wildman–Crippen MR) is 77.6 cm³/mol. The van der Waals surface area contributed by atoms with E-state index in [0.717, 1.165) is 13.1 Å². The predicted octanol–water partition coefficient (Wildman–Crippen LogP) is 3.35. The molecule has 0 aliphatic rings. The number of nitrogens with one attached hydrogen (secondary N) is 1. The minimum absolute atomic E-state index is 0.579. The monoisotopic (exact) mass is 254 g/mol. The van der Waals surface area contributed by atoms with E-state index in [4.69, 9.17) is 0 Å². The maximum absolute atomic E-state index is 3.64. The molecule has 0 bridgehead atoms. The van der Waals surface area contributed by atoms with E-state index < -0.39 is 0 Å². The fourth-order valence-corrected chi connectivity index (χ4v) is 2.56. The molecule has 17 heavy (non-hydrogen) atoms. The largest absolute Gasteiger partial charge is 0.312 e. The van der Waals surface area contributed by atoms with Crippen molar-refractivity contribution in [3.63, 3.8) is 0 Å². The van der Waals surface area contributed by atoms with Gasteiger partial charge in [0.05, 0.1) is 0 Å². The molecular formula is C14H26N2S. The number of hydrogen-bond acceptors (Lipinski definition) is 3. The molecular weight excluding hydrogens is 228 g/mol. The van der Waals surface area contributed by atoms with Crippen molar-refractivity contribution in [1.82, 2.24) is 10.2 Å². The van der Waals surface area contributed by atoms with E-state index in [1.807, 2.05) is 0 Å². The van der Waals surface area contributed by atoms with Gasteiger partial charge in [0, 0.05) is 25.2 Å². The van der Waals surface area contributed by atoms with Gasteiger partial charge in [0.1, 0.15) is 0 Å². The van der Waals surface area contributed by atoms with E-state index in [2.05, 4.69) is 54.9 Å². The van der Waals surface area contributed by atoms with Gasteiger partial charge in [0.2, 0.25) is 0 Å². The van der Waals surface area contributed by atoms with E-state index in [1.165, 1.54) is 18.4 Å². The summed E-state index contributed by atoms with van der Waals surface area (Å²) in [6, 6.07) is 3.46. The summed E-state index contributed by atoms with van der Waals surface area (Å²) in [7, 11) is 2.21. The molecule has 3 heteroatoms. The lowest BCUT2D eigenvalue weighted by molar-refractivity contribution is 0.236. The first kappa shape index (κ1) is 14.7. The van der Waals surface area contributed by atoms with Crippen LogP contribution in [0.4, 0.5) is 0 Å². The highest BCUT2D eigenvalue weighted by molar-refractivity contribution is 7.07. The van der Waals surface area contributed by atoms with Gasteiger partial charge in [0.15, 0.2) is 0 Å². The van der Waals surface area contributed by atoms with E-state index in [1.54, 1.807) is 11.3 Å². The number of nitrogens with zero attached hydrogens (tertiary/aromatic N) is 1. The van der Waals surface area contributed by atoms with Crippen LogP contribution in [0.25, 0.3) is 0 Å². The molecule has 98 valence electrons. The highest BCUT2D eigenvalue weighted by Gasteiger charge is 2.11. The Balaban J connectivity index is 2.29. The number of thiophene rings is 1. The molecule has 0 saturated heterocycles. The van der Waals surface area contributed by atoms with Crippen molar-refractivity contribution in [2.75, 3.05) is 13.6 Å². The molecule has 0 aliphatic heterocycles. The van der Waals surface area contributed by atoms with Crippen molar-refractivity contribution in [3.05, 3.63) is 22.4 Å². The first-order chi connectivity index (χ1) is 8.17. The summed E-state index contributed by atoms with van der Waals surface area (Å²) in [6.45, 7) is 8.92. The molecule has 0 amide bonds. The summed E-state index contributed by atoms with van der Waals surface area (Å²) in [5.41, 5.74) is 1.42. The average Bonchev–Trinajstić information content (AvgIpc) is 2.82. The molecule has 2 nitrogen and oxygen atoms in total. The van der Waals surface area contributed by atoms with Crippen LogP contribution in [0.15, 0.2) is 16.8 Å². The quantitative estimate of drug-likeness (QED) is 0.765. The SMILES string of the molecule is CCC(CC)NCC(C)N(C)Cc1ccsc1. The van der Waals surface area contributed by atoms with Gasteiger partial charge >= 0.3 is 0 Å². The van der Waals surface area contributed by atoms with E-state index in [-0.39, 0.29) is 0 Å². The van der Waals surface area contributed by atoms with Crippen LogP contribution >= 0.6 is 11.3 Å². The van der Waals surface area contributed by atoms with Crippen LogP contribution in [0.3, 0.4) is 0 Å². The fourth-order valence-electron chi connectivity index (χ4n) is 1.90. The molecule has 0 fully saturated rings. The molecule has 1 unspecified atom stereocenters.